The number of aryl methyl sites for hydroxylation is 2. The number of ether oxygens (including phenoxy) is 2. The highest BCUT2D eigenvalue weighted by Gasteiger charge is 2.37. The van der Waals surface area contributed by atoms with Crippen LogP contribution < -0.4 is 19.7 Å². The Bertz CT molecular complexity index is 1320. The molecule has 0 bridgehead atoms. The molecule has 7 nitrogen and oxygen atoms in total. The molecule has 0 aliphatic carbocycles. The van der Waals surface area contributed by atoms with E-state index >= 15 is 0 Å². The van der Waals surface area contributed by atoms with Crippen LogP contribution in [0.2, 0.25) is 0 Å². The number of fused-ring (bicyclic) bond motifs is 1. The van der Waals surface area contributed by atoms with Crippen molar-refractivity contribution in [2.45, 2.75) is 20.5 Å². The van der Waals surface area contributed by atoms with Gasteiger partial charge in [0.1, 0.15) is 0 Å². The van der Waals surface area contributed by atoms with Gasteiger partial charge in [0.15, 0.2) is 11.5 Å². The number of nitrogens with one attached hydrogen (secondary N) is 1. The molecule has 0 saturated heterocycles. The first-order valence-corrected chi connectivity index (χ1v) is 10.2. The number of hydrogen-bond acceptors (Lipinski definition) is 5. The molecule has 9 heteroatoms. The molecule has 0 aromatic heterocycles. The lowest BCUT2D eigenvalue weighted by atomic mass is 10.1. The number of benzene rings is 3. The third-order valence-corrected chi connectivity index (χ3v) is 5.39. The van der Waals surface area contributed by atoms with Crippen LogP contribution in [0.25, 0.3) is 0 Å². The van der Waals surface area contributed by atoms with Gasteiger partial charge in [-0.25, -0.2) is 4.90 Å². The van der Waals surface area contributed by atoms with Gasteiger partial charge in [-0.05, 0) is 61.4 Å². The highest BCUT2D eigenvalue weighted by atomic mass is 19.3. The standard InChI is InChI=1S/C25H20F2N2O5/c1-13-4-5-14(2)19(10-13)29-23(31)17-8-6-15(11-18(17)24(29)32)22(30)28-16-7-9-20(33-3)21(12-16)34-25(26)27/h4-12,25H,1-3H3,(H,28,30). The van der Waals surface area contributed by atoms with E-state index in [4.69, 9.17) is 4.74 Å². The number of halogens is 2. The van der Waals surface area contributed by atoms with Crippen molar-refractivity contribution in [3.8, 4) is 11.5 Å². The van der Waals surface area contributed by atoms with Crippen molar-refractivity contribution in [2.75, 3.05) is 17.3 Å². The summed E-state index contributed by atoms with van der Waals surface area (Å²) < 4.78 is 34.7. The maximum Gasteiger partial charge on any atom is 0.387 e. The Kier molecular flexibility index (Phi) is 6.02. The van der Waals surface area contributed by atoms with Gasteiger partial charge in [0.2, 0.25) is 0 Å². The summed E-state index contributed by atoms with van der Waals surface area (Å²) in [6, 6.07) is 13.7. The average molecular weight is 466 g/mol. The number of amides is 3. The molecule has 4 rings (SSSR count). The summed E-state index contributed by atoms with van der Waals surface area (Å²) in [5.74, 6) is -1.76. The molecular weight excluding hydrogens is 446 g/mol. The second kappa shape index (κ2) is 8.93. The van der Waals surface area contributed by atoms with Crippen LogP contribution in [0.1, 0.15) is 42.2 Å². The summed E-state index contributed by atoms with van der Waals surface area (Å²) in [5, 5.41) is 2.57. The van der Waals surface area contributed by atoms with Gasteiger partial charge >= 0.3 is 6.61 Å². The van der Waals surface area contributed by atoms with Gasteiger partial charge in [-0.3, -0.25) is 14.4 Å². The zero-order chi connectivity index (χ0) is 24.6. The zero-order valence-corrected chi connectivity index (χ0v) is 18.5. The number of carbonyl (C=O) groups is 3. The Morgan fingerprint density at radius 2 is 1.65 bits per heavy atom. The highest BCUT2D eigenvalue weighted by Crippen LogP contribution is 2.33. The predicted molar refractivity (Wildman–Crippen MR) is 121 cm³/mol. The van der Waals surface area contributed by atoms with E-state index in [1.54, 1.807) is 13.0 Å². The van der Waals surface area contributed by atoms with E-state index in [0.29, 0.717) is 5.69 Å². The molecule has 3 aromatic carbocycles. The topological polar surface area (TPSA) is 84.9 Å². The first-order chi connectivity index (χ1) is 16.2. The molecule has 174 valence electrons. The first-order valence-electron chi connectivity index (χ1n) is 10.2. The van der Waals surface area contributed by atoms with Gasteiger partial charge in [0.05, 0.1) is 23.9 Å². The quantitative estimate of drug-likeness (QED) is 0.519. The van der Waals surface area contributed by atoms with Crippen molar-refractivity contribution in [3.05, 3.63) is 82.4 Å². The number of nitrogens with zero attached hydrogens (tertiary/aromatic N) is 1. The van der Waals surface area contributed by atoms with Gasteiger partial charge < -0.3 is 14.8 Å². The predicted octanol–water partition coefficient (Wildman–Crippen LogP) is 4.97. The molecule has 3 aromatic rings. The molecule has 0 radical (unpaired) electrons. The third-order valence-electron chi connectivity index (χ3n) is 5.39. The second-order valence-electron chi connectivity index (χ2n) is 7.69. The molecule has 1 heterocycles. The lowest BCUT2D eigenvalue weighted by Gasteiger charge is -2.17. The minimum Gasteiger partial charge on any atom is -0.493 e. The number of alkyl halides is 2. The monoisotopic (exact) mass is 466 g/mol. The van der Waals surface area contributed by atoms with Crippen LogP contribution in [-0.4, -0.2) is 31.4 Å². The molecule has 1 N–H and O–H groups in total. The fraction of sp³-hybridized carbons (Fsp3) is 0.160. The number of anilines is 2. The molecule has 0 atom stereocenters. The third kappa shape index (κ3) is 4.19. The Hall–Kier alpha value is -4.27. The van der Waals surface area contributed by atoms with E-state index in [9.17, 15) is 23.2 Å². The average Bonchev–Trinajstić information content (AvgIpc) is 3.04. The van der Waals surface area contributed by atoms with E-state index in [0.717, 1.165) is 16.0 Å². The van der Waals surface area contributed by atoms with Gasteiger partial charge in [-0.2, -0.15) is 8.78 Å². The Balaban J connectivity index is 1.61. The van der Waals surface area contributed by atoms with Crippen LogP contribution in [-0.2, 0) is 0 Å². The van der Waals surface area contributed by atoms with Crippen LogP contribution in [0.5, 0.6) is 11.5 Å². The van der Waals surface area contributed by atoms with Crippen molar-refractivity contribution in [1.82, 2.24) is 0 Å². The first kappa shape index (κ1) is 22.9. The van der Waals surface area contributed by atoms with Crippen LogP contribution >= 0.6 is 0 Å². The van der Waals surface area contributed by atoms with E-state index in [1.165, 1.54) is 43.5 Å². The largest absolute Gasteiger partial charge is 0.493 e. The summed E-state index contributed by atoms with van der Waals surface area (Å²) in [5.41, 5.74) is 2.75. The molecule has 0 saturated carbocycles. The lowest BCUT2D eigenvalue weighted by Crippen LogP contribution is -2.30. The lowest BCUT2D eigenvalue weighted by molar-refractivity contribution is -0.0511. The Morgan fingerprint density at radius 1 is 0.912 bits per heavy atom. The maximum absolute atomic E-state index is 13.1. The SMILES string of the molecule is COc1ccc(NC(=O)c2ccc3c(c2)C(=O)N(c2cc(C)ccc2C)C3=O)cc1OC(F)F. The minimum absolute atomic E-state index is 0.0754. The van der Waals surface area contributed by atoms with Crippen molar-refractivity contribution in [2.24, 2.45) is 0 Å². The van der Waals surface area contributed by atoms with Crippen molar-refractivity contribution in [1.29, 1.82) is 0 Å². The van der Waals surface area contributed by atoms with E-state index in [2.05, 4.69) is 10.1 Å². The van der Waals surface area contributed by atoms with Crippen molar-refractivity contribution >= 4 is 29.1 Å². The summed E-state index contributed by atoms with van der Waals surface area (Å²) in [6.07, 6.45) is 0. The van der Waals surface area contributed by atoms with Gasteiger partial charge in [0, 0.05) is 17.3 Å². The van der Waals surface area contributed by atoms with Crippen molar-refractivity contribution < 1.29 is 32.6 Å². The van der Waals surface area contributed by atoms with Crippen LogP contribution in [0.3, 0.4) is 0 Å². The van der Waals surface area contributed by atoms with E-state index in [-0.39, 0.29) is 33.9 Å². The van der Waals surface area contributed by atoms with Gasteiger partial charge in [-0.1, -0.05) is 12.1 Å². The molecule has 0 spiro atoms. The summed E-state index contributed by atoms with van der Waals surface area (Å²) in [7, 11) is 1.30. The second-order valence-corrected chi connectivity index (χ2v) is 7.69. The summed E-state index contributed by atoms with van der Waals surface area (Å²) in [6.45, 7) is 0.596. The Labute approximate surface area is 193 Å². The molecule has 1 aliphatic heterocycles. The number of hydrogen-bond donors (Lipinski definition) is 1. The number of imide groups is 1. The highest BCUT2D eigenvalue weighted by molar-refractivity contribution is 6.35. The number of carbonyl (C=O) groups excluding carboxylic acids is 3. The normalized spacial score (nSPS) is 12.7. The smallest absolute Gasteiger partial charge is 0.387 e. The van der Waals surface area contributed by atoms with Crippen LogP contribution in [0, 0.1) is 13.8 Å². The van der Waals surface area contributed by atoms with Gasteiger partial charge in [0.25, 0.3) is 17.7 Å². The maximum atomic E-state index is 13.1. The molecule has 34 heavy (non-hydrogen) atoms. The van der Waals surface area contributed by atoms with Crippen LogP contribution in [0.4, 0.5) is 20.2 Å². The minimum atomic E-state index is -3.07. The fourth-order valence-electron chi connectivity index (χ4n) is 3.71. The van der Waals surface area contributed by atoms with Crippen LogP contribution in [0.15, 0.2) is 54.6 Å². The van der Waals surface area contributed by atoms with E-state index < -0.39 is 24.3 Å². The number of methoxy groups -OCH3 is 1. The summed E-state index contributed by atoms with van der Waals surface area (Å²) >= 11 is 0. The van der Waals surface area contributed by atoms with Crippen molar-refractivity contribution in [3.63, 3.8) is 0 Å². The number of rotatable bonds is 6. The zero-order valence-electron chi connectivity index (χ0n) is 18.5. The summed E-state index contributed by atoms with van der Waals surface area (Å²) in [4.78, 5) is 39.9. The molecule has 1 aliphatic rings. The molecule has 0 unspecified atom stereocenters. The Morgan fingerprint density at radius 3 is 2.35 bits per heavy atom. The molecule has 3 amide bonds. The van der Waals surface area contributed by atoms with Gasteiger partial charge in [-0.15, -0.1) is 0 Å². The molecular formula is C25H20F2N2O5. The molecule has 0 fully saturated rings. The van der Waals surface area contributed by atoms with E-state index in [1.807, 2.05) is 19.1 Å². The fourth-order valence-corrected chi connectivity index (χ4v) is 3.71.